The molecule has 6 heterocycles. The summed E-state index contributed by atoms with van der Waals surface area (Å²) in [6.45, 7) is 0. The first-order valence-electron chi connectivity index (χ1n) is 37.9. The molecule has 3 aliphatic rings. The lowest BCUT2D eigenvalue weighted by Gasteiger charge is -2.32. The van der Waals surface area contributed by atoms with Crippen molar-refractivity contribution in [3.63, 3.8) is 0 Å². The van der Waals surface area contributed by atoms with Crippen molar-refractivity contribution >= 4 is 86.5 Å². The predicted octanol–water partition coefficient (Wildman–Crippen LogP) is 28.8. The zero-order chi connectivity index (χ0) is 75.9. The van der Waals surface area contributed by atoms with Gasteiger partial charge in [-0.05, 0) is 145 Å². The fourth-order valence-electron chi connectivity index (χ4n) is 14.6. The van der Waals surface area contributed by atoms with E-state index in [2.05, 4.69) is 360 Å². The number of para-hydroxylation sites is 6. The zero-order valence-corrected chi connectivity index (χ0v) is 64.2. The van der Waals surface area contributed by atoms with Crippen LogP contribution in [0.15, 0.2) is 454 Å². The summed E-state index contributed by atoms with van der Waals surface area (Å²) < 4.78 is 0. The zero-order valence-electron chi connectivity index (χ0n) is 61.7. The first kappa shape index (κ1) is 70.4. The molecule has 18 aromatic rings. The molecule has 0 N–H and O–H groups in total. The van der Waals surface area contributed by atoms with E-state index in [0.29, 0.717) is 5.82 Å². The van der Waals surface area contributed by atoms with E-state index in [4.69, 9.17) is 24.9 Å². The lowest BCUT2D eigenvalue weighted by Crippen LogP contribution is -2.14. The van der Waals surface area contributed by atoms with Gasteiger partial charge in [0, 0.05) is 90.9 Å². The highest BCUT2D eigenvalue weighted by atomic mass is 32.2. The molecule has 3 aromatic heterocycles. The van der Waals surface area contributed by atoms with Gasteiger partial charge >= 0.3 is 0 Å². The van der Waals surface area contributed by atoms with Crippen molar-refractivity contribution in [2.45, 2.75) is 29.4 Å². The van der Waals surface area contributed by atoms with E-state index in [1.54, 1.807) is 0 Å². The van der Waals surface area contributed by atoms with Crippen LogP contribution in [0.25, 0.3) is 101 Å². The summed E-state index contributed by atoms with van der Waals surface area (Å²) in [6.07, 6.45) is 0. The van der Waals surface area contributed by atoms with Gasteiger partial charge in [-0.2, -0.15) is 0 Å². The van der Waals surface area contributed by atoms with Gasteiger partial charge in [0.05, 0.1) is 68.3 Å². The van der Waals surface area contributed by atoms with E-state index in [-0.39, 0.29) is 0 Å². The van der Waals surface area contributed by atoms with Crippen LogP contribution >= 0.6 is 35.3 Å². The normalized spacial score (nSPS) is 12.1. The largest absolute Gasteiger partial charge is 0.308 e. The molecule has 15 aromatic carbocycles. The maximum absolute atomic E-state index is 5.09. The molecule has 0 unspecified atom stereocenters. The minimum atomic E-state index is 0.709. The lowest BCUT2D eigenvalue weighted by atomic mass is 10.0. The number of rotatable bonds is 12. The number of hydrogen-bond donors (Lipinski definition) is 0. The number of pyridine rings is 1. The maximum Gasteiger partial charge on any atom is 0.160 e. The number of aromatic nitrogens is 5. The standard InChI is InChI=1S/C40H27N3S.C34H23N3S.C29H20N2S/c1-3-11-28(12-4-1)29-19-21-32(22-20-29)40-41-34(30-13-5-2-6-14-30)27-35(42-40)31-23-25-33(26-24-31)43-36-15-7-9-17-38(36)44-39-18-10-8-16-37(39)43;1-3-11-24(12-4-1)28-23-29(36-34(35-28)26-13-5-2-6-14-26)25-19-21-27(22-20-25)37-30-15-7-9-17-32(30)38-33-18-10-8-16-31(33)37;1-2-9-21(10-3-1)24-11-8-12-25(30-24)22-17-19-23(20-18-22)31-26-13-4-6-15-28(26)32-29-16-7-5-14-27(29)31/h1-27H;1-23H;1-20H. The highest BCUT2D eigenvalue weighted by Crippen LogP contribution is 2.55. The van der Waals surface area contributed by atoms with Crippen LogP contribution in [-0.4, -0.2) is 24.9 Å². The second kappa shape index (κ2) is 32.2. The van der Waals surface area contributed by atoms with Crippen LogP contribution in [0.1, 0.15) is 0 Å². The van der Waals surface area contributed by atoms with Crippen molar-refractivity contribution in [2.75, 3.05) is 14.7 Å². The Morgan fingerprint density at radius 3 is 0.649 bits per heavy atom. The summed E-state index contributed by atoms with van der Waals surface area (Å²) in [5.74, 6) is 1.43. The fourth-order valence-corrected chi connectivity index (χ4v) is 17.8. The molecule has 3 aliphatic heterocycles. The van der Waals surface area contributed by atoms with Crippen LogP contribution < -0.4 is 14.7 Å². The molecule has 11 heteroatoms. The second-order valence-corrected chi connectivity index (χ2v) is 30.8. The van der Waals surface area contributed by atoms with Crippen molar-refractivity contribution in [1.29, 1.82) is 0 Å². The van der Waals surface area contributed by atoms with Gasteiger partial charge in [0.15, 0.2) is 11.6 Å². The molecular formula is C103H70N8S3. The molecule has 0 atom stereocenters. The van der Waals surface area contributed by atoms with Crippen LogP contribution in [0.3, 0.4) is 0 Å². The van der Waals surface area contributed by atoms with Crippen LogP contribution in [-0.2, 0) is 0 Å². The highest BCUT2D eigenvalue weighted by Gasteiger charge is 2.28. The van der Waals surface area contributed by atoms with Crippen molar-refractivity contribution < 1.29 is 0 Å². The highest BCUT2D eigenvalue weighted by molar-refractivity contribution is 8.00. The summed E-state index contributed by atoms with van der Waals surface area (Å²) in [4.78, 5) is 39.5. The molecule has 21 rings (SSSR count). The molecule has 114 heavy (non-hydrogen) atoms. The molecule has 0 saturated carbocycles. The Morgan fingerprint density at radius 1 is 0.149 bits per heavy atom. The Kier molecular flexibility index (Phi) is 19.9. The number of anilines is 9. The Balaban J connectivity index is 0.000000116. The number of hydrogen-bond acceptors (Lipinski definition) is 11. The van der Waals surface area contributed by atoms with E-state index in [9.17, 15) is 0 Å². The average Bonchev–Trinajstić information content (AvgIpc) is 0.710. The molecule has 8 nitrogen and oxygen atoms in total. The Morgan fingerprint density at radius 2 is 0.351 bits per heavy atom. The Bertz CT molecular complexity index is 6250. The van der Waals surface area contributed by atoms with Gasteiger partial charge in [-0.25, -0.2) is 24.9 Å². The van der Waals surface area contributed by atoms with Gasteiger partial charge in [-0.15, -0.1) is 0 Å². The third-order valence-corrected chi connectivity index (χ3v) is 23.6. The van der Waals surface area contributed by atoms with E-state index in [0.717, 1.165) is 102 Å². The summed E-state index contributed by atoms with van der Waals surface area (Å²) in [7, 11) is 0. The molecule has 540 valence electrons. The summed E-state index contributed by atoms with van der Waals surface area (Å²) in [5, 5.41) is 0. The Labute approximate surface area is 676 Å². The predicted molar refractivity (Wildman–Crippen MR) is 474 cm³/mol. The van der Waals surface area contributed by atoms with Crippen LogP contribution in [0.2, 0.25) is 0 Å². The topological polar surface area (TPSA) is 74.2 Å². The third-order valence-electron chi connectivity index (χ3n) is 20.3. The molecule has 0 fully saturated rings. The third kappa shape index (κ3) is 14.8. The molecule has 0 aliphatic carbocycles. The van der Waals surface area contributed by atoms with E-state index in [1.807, 2.05) is 114 Å². The van der Waals surface area contributed by atoms with Gasteiger partial charge in [0.25, 0.3) is 0 Å². The van der Waals surface area contributed by atoms with Crippen LogP contribution in [0.4, 0.5) is 51.2 Å². The van der Waals surface area contributed by atoms with E-state index < -0.39 is 0 Å². The van der Waals surface area contributed by atoms with Crippen molar-refractivity contribution in [2.24, 2.45) is 0 Å². The molecule has 0 saturated heterocycles. The minimum absolute atomic E-state index is 0.709. The van der Waals surface area contributed by atoms with Crippen molar-refractivity contribution in [3.05, 3.63) is 425 Å². The van der Waals surface area contributed by atoms with Gasteiger partial charge < -0.3 is 14.7 Å². The number of benzene rings is 15. The molecule has 0 radical (unpaired) electrons. The average molecular weight is 1520 g/mol. The fraction of sp³-hybridized carbons (Fsp3) is 0. The Hall–Kier alpha value is -13.9. The molecule has 0 bridgehead atoms. The summed E-state index contributed by atoms with van der Waals surface area (Å²) in [6, 6.07) is 148. The molecule has 0 amide bonds. The second-order valence-electron chi connectivity index (χ2n) is 27.5. The monoisotopic (exact) mass is 1510 g/mol. The van der Waals surface area contributed by atoms with Crippen molar-refractivity contribution in [3.8, 4) is 101 Å². The number of fused-ring (bicyclic) bond motifs is 6. The van der Waals surface area contributed by atoms with E-state index >= 15 is 0 Å². The maximum atomic E-state index is 5.09. The van der Waals surface area contributed by atoms with Gasteiger partial charge in [0.1, 0.15) is 0 Å². The quantitative estimate of drug-likeness (QED) is 0.117. The SMILES string of the molecule is c1ccc(-c2cc(-c3ccc(N4c5ccccc5Sc5ccccc54)cc3)nc(-c3ccccc3)n2)cc1.c1ccc(-c2ccc(-c3nc(-c4ccccc4)cc(-c4ccc(N5c6ccccc6Sc6ccccc65)cc4)n3)cc2)cc1.c1ccc(-c2cccc(-c3ccc(N4c5ccccc5Sc5ccccc54)cc3)n2)cc1. The minimum Gasteiger partial charge on any atom is -0.308 e. The van der Waals surface area contributed by atoms with Gasteiger partial charge in [-0.3, -0.25) is 0 Å². The van der Waals surface area contributed by atoms with Gasteiger partial charge in [-0.1, -0.05) is 326 Å². The number of nitrogens with zero attached hydrogens (tertiary/aromatic N) is 8. The first-order valence-corrected chi connectivity index (χ1v) is 40.4. The molecular weight excluding hydrogens is 1450 g/mol. The van der Waals surface area contributed by atoms with Crippen molar-refractivity contribution in [1.82, 2.24) is 24.9 Å². The van der Waals surface area contributed by atoms with Gasteiger partial charge in [0.2, 0.25) is 0 Å². The lowest BCUT2D eigenvalue weighted by molar-refractivity contribution is 1.16. The van der Waals surface area contributed by atoms with Crippen LogP contribution in [0.5, 0.6) is 0 Å². The molecule has 0 spiro atoms. The first-order chi connectivity index (χ1) is 56.5. The summed E-state index contributed by atoms with van der Waals surface area (Å²) in [5.41, 5.74) is 27.0. The summed E-state index contributed by atoms with van der Waals surface area (Å²) >= 11 is 5.47. The smallest absolute Gasteiger partial charge is 0.160 e. The van der Waals surface area contributed by atoms with E-state index in [1.165, 1.54) is 74.6 Å². The van der Waals surface area contributed by atoms with Crippen LogP contribution in [0, 0.1) is 0 Å².